The number of carbonyl (C=O) groups excluding carboxylic acids is 1. The average Bonchev–Trinajstić information content (AvgIpc) is 2.40. The lowest BCUT2D eigenvalue weighted by Crippen LogP contribution is -2.14. The van der Waals surface area contributed by atoms with Gasteiger partial charge in [-0.05, 0) is 24.1 Å². The van der Waals surface area contributed by atoms with Gasteiger partial charge in [0, 0.05) is 23.1 Å². The van der Waals surface area contributed by atoms with E-state index in [1.165, 1.54) is 0 Å². The van der Waals surface area contributed by atoms with E-state index in [9.17, 15) is 20.1 Å². The Kier molecular flexibility index (Phi) is 4.38. The summed E-state index contributed by atoms with van der Waals surface area (Å²) in [6.45, 7) is 1.71. The van der Waals surface area contributed by atoms with Gasteiger partial charge in [0.05, 0.1) is 0 Å². The molecule has 0 bridgehead atoms. The molecule has 0 aliphatic carbocycles. The van der Waals surface area contributed by atoms with Crippen molar-refractivity contribution in [1.82, 2.24) is 0 Å². The number of halogens is 1. The van der Waals surface area contributed by atoms with Crippen LogP contribution in [0.15, 0.2) is 36.4 Å². The van der Waals surface area contributed by atoms with Crippen molar-refractivity contribution in [2.75, 3.05) is 0 Å². The van der Waals surface area contributed by atoms with Crippen LogP contribution in [0.25, 0.3) is 0 Å². The molecule has 0 aromatic heterocycles. The van der Waals surface area contributed by atoms with Crippen LogP contribution in [0.1, 0.15) is 22.8 Å². The van der Waals surface area contributed by atoms with Crippen molar-refractivity contribution < 1.29 is 20.1 Å². The topological polar surface area (TPSA) is 77.8 Å². The zero-order valence-corrected chi connectivity index (χ0v) is 12.1. The van der Waals surface area contributed by atoms with Crippen LogP contribution in [-0.2, 0) is 6.42 Å². The molecule has 0 fully saturated rings. The number of ketones is 1. The molecule has 21 heavy (non-hydrogen) atoms. The van der Waals surface area contributed by atoms with Gasteiger partial charge in [0.2, 0.25) is 0 Å². The molecule has 2 aromatic carbocycles. The highest BCUT2D eigenvalue weighted by Gasteiger charge is 2.23. The molecular formula is C16H15ClO4. The predicted octanol–water partition coefficient (Wildman–Crippen LogP) is 3.52. The van der Waals surface area contributed by atoms with Gasteiger partial charge in [-0.3, -0.25) is 4.79 Å². The van der Waals surface area contributed by atoms with Gasteiger partial charge < -0.3 is 15.3 Å². The zero-order valence-electron chi connectivity index (χ0n) is 11.4. The molecule has 2 rings (SSSR count). The third-order valence-electron chi connectivity index (χ3n) is 3.23. The summed E-state index contributed by atoms with van der Waals surface area (Å²) in [5, 5.41) is 29.3. The van der Waals surface area contributed by atoms with Crippen molar-refractivity contribution in [2.24, 2.45) is 5.92 Å². The molecular weight excluding hydrogens is 292 g/mol. The molecule has 0 amide bonds. The summed E-state index contributed by atoms with van der Waals surface area (Å²) in [5.41, 5.74) is 0.757. The maximum Gasteiger partial charge on any atom is 0.173 e. The van der Waals surface area contributed by atoms with Crippen molar-refractivity contribution >= 4 is 17.4 Å². The normalized spacial score (nSPS) is 12.1. The molecule has 0 aliphatic rings. The Bertz CT molecular complexity index is 641. The number of Topliss-reactive ketones (excluding diaryl/α,β-unsaturated/α-hetero) is 1. The summed E-state index contributed by atoms with van der Waals surface area (Å²) in [4.78, 5) is 12.3. The second kappa shape index (κ2) is 6.06. The van der Waals surface area contributed by atoms with Crippen LogP contribution in [0.2, 0.25) is 5.02 Å². The molecule has 1 unspecified atom stereocenters. The van der Waals surface area contributed by atoms with Gasteiger partial charge in [-0.2, -0.15) is 0 Å². The van der Waals surface area contributed by atoms with Crippen LogP contribution in [0.4, 0.5) is 0 Å². The van der Waals surface area contributed by atoms with E-state index in [-0.39, 0.29) is 17.1 Å². The summed E-state index contributed by atoms with van der Waals surface area (Å²) in [5.74, 6) is -1.99. The van der Waals surface area contributed by atoms with E-state index >= 15 is 0 Å². The lowest BCUT2D eigenvalue weighted by Gasteiger charge is -2.13. The third kappa shape index (κ3) is 3.47. The number of rotatable bonds is 4. The van der Waals surface area contributed by atoms with Crippen molar-refractivity contribution in [3.05, 3.63) is 52.5 Å². The van der Waals surface area contributed by atoms with Gasteiger partial charge >= 0.3 is 0 Å². The first-order valence-corrected chi connectivity index (χ1v) is 6.80. The standard InChI is InChI=1S/C16H15ClO4/c1-9(6-10-2-4-11(17)5-3-10)16(21)15-13(19)7-12(18)8-14(15)20/h2-5,7-9,18-20H,6H2,1H3. The minimum absolute atomic E-state index is 0.172. The first-order chi connectivity index (χ1) is 9.88. The van der Waals surface area contributed by atoms with E-state index in [0.29, 0.717) is 11.4 Å². The van der Waals surface area contributed by atoms with Crippen molar-refractivity contribution in [3.8, 4) is 17.2 Å². The Hall–Kier alpha value is -2.20. The molecule has 3 N–H and O–H groups in total. The second-order valence-electron chi connectivity index (χ2n) is 4.95. The lowest BCUT2D eigenvalue weighted by molar-refractivity contribution is 0.0923. The van der Waals surface area contributed by atoms with Crippen molar-refractivity contribution in [3.63, 3.8) is 0 Å². The van der Waals surface area contributed by atoms with Crippen molar-refractivity contribution in [1.29, 1.82) is 0 Å². The summed E-state index contributed by atoms with van der Waals surface area (Å²) in [6.07, 6.45) is 0.454. The van der Waals surface area contributed by atoms with Gasteiger partial charge in [0.15, 0.2) is 5.78 Å². The molecule has 0 aliphatic heterocycles. The molecule has 0 saturated carbocycles. The minimum atomic E-state index is -0.437. The highest BCUT2D eigenvalue weighted by molar-refractivity contribution is 6.30. The lowest BCUT2D eigenvalue weighted by atomic mass is 9.92. The fourth-order valence-electron chi connectivity index (χ4n) is 2.16. The van der Waals surface area contributed by atoms with Gasteiger partial charge in [0.1, 0.15) is 22.8 Å². The fraction of sp³-hybridized carbons (Fsp3) is 0.188. The number of aromatic hydroxyl groups is 3. The first-order valence-electron chi connectivity index (χ1n) is 6.42. The Morgan fingerprint density at radius 1 is 1.10 bits per heavy atom. The number of hydrogen-bond acceptors (Lipinski definition) is 4. The SMILES string of the molecule is CC(Cc1ccc(Cl)cc1)C(=O)c1c(O)cc(O)cc1O. The highest BCUT2D eigenvalue weighted by Crippen LogP contribution is 2.34. The van der Waals surface area contributed by atoms with E-state index in [1.54, 1.807) is 19.1 Å². The molecule has 1 atom stereocenters. The molecule has 110 valence electrons. The van der Waals surface area contributed by atoms with Crippen LogP contribution >= 0.6 is 11.6 Å². The van der Waals surface area contributed by atoms with Crippen molar-refractivity contribution in [2.45, 2.75) is 13.3 Å². The second-order valence-corrected chi connectivity index (χ2v) is 5.39. The largest absolute Gasteiger partial charge is 0.508 e. The Morgan fingerprint density at radius 3 is 2.14 bits per heavy atom. The Morgan fingerprint density at radius 2 is 1.62 bits per heavy atom. The van der Waals surface area contributed by atoms with Crippen LogP contribution in [0, 0.1) is 5.92 Å². The monoisotopic (exact) mass is 306 g/mol. The number of phenols is 3. The fourth-order valence-corrected chi connectivity index (χ4v) is 2.29. The average molecular weight is 307 g/mol. The van der Waals surface area contributed by atoms with Gasteiger partial charge in [-0.1, -0.05) is 30.7 Å². The molecule has 0 spiro atoms. The number of carbonyl (C=O) groups is 1. The number of hydrogen-bond donors (Lipinski definition) is 3. The van der Waals surface area contributed by atoms with E-state index in [1.807, 2.05) is 12.1 Å². The quantitative estimate of drug-likeness (QED) is 0.755. The summed E-state index contributed by atoms with van der Waals surface area (Å²) >= 11 is 5.81. The number of phenolic OH excluding ortho intramolecular Hbond substituents is 3. The minimum Gasteiger partial charge on any atom is -0.508 e. The predicted molar refractivity (Wildman–Crippen MR) is 80.1 cm³/mol. The third-order valence-corrected chi connectivity index (χ3v) is 3.48. The smallest absolute Gasteiger partial charge is 0.173 e. The Balaban J connectivity index is 2.22. The van der Waals surface area contributed by atoms with Crippen LogP contribution < -0.4 is 0 Å². The summed E-state index contributed by atoms with van der Waals surface area (Å²) < 4.78 is 0. The van der Waals surface area contributed by atoms with E-state index in [4.69, 9.17) is 11.6 Å². The molecule has 0 heterocycles. The zero-order chi connectivity index (χ0) is 15.6. The maximum absolute atomic E-state index is 12.3. The summed E-state index contributed by atoms with van der Waals surface area (Å²) in [6, 6.07) is 9.18. The van der Waals surface area contributed by atoms with Crippen LogP contribution in [0.5, 0.6) is 17.2 Å². The number of benzene rings is 2. The van der Waals surface area contributed by atoms with E-state index in [0.717, 1.165) is 17.7 Å². The highest BCUT2D eigenvalue weighted by atomic mass is 35.5. The Labute approximate surface area is 127 Å². The molecule has 0 radical (unpaired) electrons. The first kappa shape index (κ1) is 15.2. The van der Waals surface area contributed by atoms with E-state index < -0.39 is 17.4 Å². The molecule has 5 heteroatoms. The molecule has 4 nitrogen and oxygen atoms in total. The van der Waals surface area contributed by atoms with Crippen LogP contribution in [-0.4, -0.2) is 21.1 Å². The summed E-state index contributed by atoms with van der Waals surface area (Å²) in [7, 11) is 0. The molecule has 2 aromatic rings. The van der Waals surface area contributed by atoms with E-state index in [2.05, 4.69) is 0 Å². The van der Waals surface area contributed by atoms with Gasteiger partial charge in [-0.15, -0.1) is 0 Å². The maximum atomic E-state index is 12.3. The van der Waals surface area contributed by atoms with Gasteiger partial charge in [-0.25, -0.2) is 0 Å². The van der Waals surface area contributed by atoms with Gasteiger partial charge in [0.25, 0.3) is 0 Å². The molecule has 0 saturated heterocycles. The van der Waals surface area contributed by atoms with Crippen LogP contribution in [0.3, 0.4) is 0 Å².